The minimum Gasteiger partial charge on any atom is -0.234 e. The molecule has 5 nitrogen and oxygen atoms in total. The summed E-state index contributed by atoms with van der Waals surface area (Å²) in [5, 5.41) is 9.49. The fraction of sp³-hybridized carbons (Fsp3) is 0.0833. The standard InChI is InChI=1S/C12H8F3N3O2/c13-12(14,15)9-5-2-1-4-8(9)10-6-3-7-11(16-10)17-18(19)20/h1-7H,(H,16,17). The lowest BCUT2D eigenvalue weighted by molar-refractivity contribution is -0.445. The van der Waals surface area contributed by atoms with Crippen LogP contribution in [0.25, 0.3) is 11.3 Å². The lowest BCUT2D eigenvalue weighted by atomic mass is 10.0. The van der Waals surface area contributed by atoms with Crippen molar-refractivity contribution in [3.63, 3.8) is 0 Å². The van der Waals surface area contributed by atoms with Gasteiger partial charge in [0.25, 0.3) is 0 Å². The maximum absolute atomic E-state index is 12.9. The lowest BCUT2D eigenvalue weighted by Crippen LogP contribution is -2.10. The quantitative estimate of drug-likeness (QED) is 0.692. The fourth-order valence-corrected chi connectivity index (χ4v) is 1.69. The highest BCUT2D eigenvalue weighted by molar-refractivity contribution is 5.65. The number of alkyl halides is 3. The van der Waals surface area contributed by atoms with E-state index < -0.39 is 16.8 Å². The van der Waals surface area contributed by atoms with Crippen LogP contribution in [-0.2, 0) is 6.18 Å². The molecule has 0 radical (unpaired) electrons. The van der Waals surface area contributed by atoms with Gasteiger partial charge in [0.1, 0.15) is 0 Å². The molecule has 1 N–H and O–H groups in total. The molecule has 0 bridgehead atoms. The molecule has 0 spiro atoms. The first-order chi connectivity index (χ1) is 9.38. The summed E-state index contributed by atoms with van der Waals surface area (Å²) in [6.07, 6.45) is -4.52. The molecule has 2 aromatic rings. The largest absolute Gasteiger partial charge is 0.417 e. The molecule has 8 heteroatoms. The van der Waals surface area contributed by atoms with E-state index in [0.717, 1.165) is 6.07 Å². The maximum atomic E-state index is 12.9. The molecule has 2 rings (SSSR count). The van der Waals surface area contributed by atoms with Gasteiger partial charge >= 0.3 is 6.18 Å². The van der Waals surface area contributed by atoms with Gasteiger partial charge in [-0.1, -0.05) is 29.7 Å². The predicted octanol–water partition coefficient (Wildman–Crippen LogP) is 3.37. The van der Waals surface area contributed by atoms with Crippen LogP contribution in [0.1, 0.15) is 5.56 Å². The van der Waals surface area contributed by atoms with Crippen LogP contribution in [0.2, 0.25) is 0 Å². The van der Waals surface area contributed by atoms with Gasteiger partial charge in [-0.3, -0.25) is 0 Å². The molecule has 0 aliphatic carbocycles. The SMILES string of the molecule is O=[N+]([O-])Nc1cccc(-c2ccccc2C(F)(F)F)n1. The number of rotatable bonds is 3. The van der Waals surface area contributed by atoms with Gasteiger partial charge < -0.3 is 0 Å². The Morgan fingerprint density at radius 1 is 1.10 bits per heavy atom. The molecule has 0 fully saturated rings. The maximum Gasteiger partial charge on any atom is 0.417 e. The van der Waals surface area contributed by atoms with E-state index in [2.05, 4.69) is 4.98 Å². The van der Waals surface area contributed by atoms with E-state index in [1.807, 2.05) is 0 Å². The van der Waals surface area contributed by atoms with Gasteiger partial charge in [0.05, 0.1) is 11.3 Å². The van der Waals surface area contributed by atoms with Gasteiger partial charge in [0, 0.05) is 5.56 Å². The van der Waals surface area contributed by atoms with Crippen molar-refractivity contribution < 1.29 is 18.2 Å². The summed E-state index contributed by atoms with van der Waals surface area (Å²) in [4.78, 5) is 14.1. The van der Waals surface area contributed by atoms with E-state index in [9.17, 15) is 23.3 Å². The molecule has 20 heavy (non-hydrogen) atoms. The van der Waals surface area contributed by atoms with Crippen molar-refractivity contribution in [1.29, 1.82) is 0 Å². The molecule has 0 aliphatic heterocycles. The monoisotopic (exact) mass is 283 g/mol. The van der Waals surface area contributed by atoms with Crippen LogP contribution < -0.4 is 5.43 Å². The Labute approximate surface area is 111 Å². The number of pyridine rings is 1. The molecule has 1 heterocycles. The van der Waals surface area contributed by atoms with E-state index in [1.165, 1.54) is 36.4 Å². The Morgan fingerprint density at radius 2 is 1.80 bits per heavy atom. The number of nitro groups is 1. The summed E-state index contributed by atoms with van der Waals surface area (Å²) < 4.78 is 38.7. The Hall–Kier alpha value is -2.64. The molecule has 0 amide bonds. The Kier molecular flexibility index (Phi) is 3.55. The van der Waals surface area contributed by atoms with E-state index >= 15 is 0 Å². The third-order valence-electron chi connectivity index (χ3n) is 2.46. The zero-order chi connectivity index (χ0) is 14.8. The molecule has 1 aromatic carbocycles. The number of halogens is 3. The van der Waals surface area contributed by atoms with Gasteiger partial charge in [-0.25, -0.2) is 15.1 Å². The van der Waals surface area contributed by atoms with Crippen molar-refractivity contribution in [1.82, 2.24) is 4.98 Å². The van der Waals surface area contributed by atoms with Crippen molar-refractivity contribution >= 4 is 5.82 Å². The van der Waals surface area contributed by atoms with Crippen LogP contribution in [0, 0.1) is 10.1 Å². The fourth-order valence-electron chi connectivity index (χ4n) is 1.69. The second kappa shape index (κ2) is 5.16. The first kappa shape index (κ1) is 13.8. The number of nitrogens with one attached hydrogen (secondary N) is 1. The van der Waals surface area contributed by atoms with E-state index in [0.29, 0.717) is 0 Å². The minimum atomic E-state index is -4.52. The summed E-state index contributed by atoms with van der Waals surface area (Å²) in [5.74, 6) is -0.135. The van der Waals surface area contributed by atoms with E-state index in [-0.39, 0.29) is 17.1 Å². The molecule has 104 valence electrons. The average molecular weight is 283 g/mol. The molecule has 0 unspecified atom stereocenters. The number of hydrogen-bond donors (Lipinski definition) is 1. The highest BCUT2D eigenvalue weighted by atomic mass is 19.4. The van der Waals surface area contributed by atoms with Crippen molar-refractivity contribution in [2.24, 2.45) is 0 Å². The topological polar surface area (TPSA) is 68.1 Å². The van der Waals surface area contributed by atoms with Crippen LogP contribution in [0.15, 0.2) is 42.5 Å². The van der Waals surface area contributed by atoms with Gasteiger partial charge in [-0.2, -0.15) is 13.2 Å². The predicted molar refractivity (Wildman–Crippen MR) is 65.3 cm³/mol. The number of nitrogens with zero attached hydrogens (tertiary/aromatic N) is 2. The molecule has 0 saturated heterocycles. The molecule has 0 atom stereocenters. The third-order valence-corrected chi connectivity index (χ3v) is 2.46. The summed E-state index contributed by atoms with van der Waals surface area (Å²) in [7, 11) is 0. The van der Waals surface area contributed by atoms with Crippen molar-refractivity contribution in [3.8, 4) is 11.3 Å². The van der Waals surface area contributed by atoms with Crippen molar-refractivity contribution in [2.45, 2.75) is 6.18 Å². The van der Waals surface area contributed by atoms with Gasteiger partial charge in [-0.15, -0.1) is 0 Å². The van der Waals surface area contributed by atoms with Crippen LogP contribution in [0.4, 0.5) is 19.0 Å². The number of hydrogen-bond acceptors (Lipinski definition) is 3. The zero-order valence-electron chi connectivity index (χ0n) is 9.89. The normalized spacial score (nSPS) is 11.2. The average Bonchev–Trinajstić information content (AvgIpc) is 2.37. The Bertz CT molecular complexity index is 644. The first-order valence-electron chi connectivity index (χ1n) is 5.42. The number of aromatic nitrogens is 1. The van der Waals surface area contributed by atoms with Crippen LogP contribution in [0.3, 0.4) is 0 Å². The highest BCUT2D eigenvalue weighted by Gasteiger charge is 2.33. The second-order valence-electron chi connectivity index (χ2n) is 3.82. The number of anilines is 1. The van der Waals surface area contributed by atoms with Crippen LogP contribution in [0.5, 0.6) is 0 Å². The molecule has 1 aromatic heterocycles. The third kappa shape index (κ3) is 3.02. The molecule has 0 saturated carbocycles. The number of benzene rings is 1. The van der Waals surface area contributed by atoms with Crippen molar-refractivity contribution in [3.05, 3.63) is 58.1 Å². The van der Waals surface area contributed by atoms with Gasteiger partial charge in [0.15, 0.2) is 10.9 Å². The summed E-state index contributed by atoms with van der Waals surface area (Å²) in [5.41, 5.74) is 0.833. The van der Waals surface area contributed by atoms with Gasteiger partial charge in [0.2, 0.25) is 0 Å². The second-order valence-corrected chi connectivity index (χ2v) is 3.82. The van der Waals surface area contributed by atoms with E-state index in [1.54, 1.807) is 5.43 Å². The summed E-state index contributed by atoms with van der Waals surface area (Å²) in [6, 6.07) is 8.95. The minimum absolute atomic E-state index is 0.00442. The summed E-state index contributed by atoms with van der Waals surface area (Å²) in [6.45, 7) is 0. The highest BCUT2D eigenvalue weighted by Crippen LogP contribution is 2.36. The van der Waals surface area contributed by atoms with Crippen LogP contribution in [-0.4, -0.2) is 10.0 Å². The first-order valence-corrected chi connectivity index (χ1v) is 5.42. The lowest BCUT2D eigenvalue weighted by Gasteiger charge is -2.12. The van der Waals surface area contributed by atoms with Gasteiger partial charge in [-0.05, 0) is 18.2 Å². The Morgan fingerprint density at radius 3 is 2.45 bits per heavy atom. The van der Waals surface area contributed by atoms with Crippen LogP contribution >= 0.6 is 0 Å². The Balaban J connectivity index is 2.49. The zero-order valence-corrected chi connectivity index (χ0v) is 9.89. The van der Waals surface area contributed by atoms with E-state index in [4.69, 9.17) is 0 Å². The summed E-state index contributed by atoms with van der Waals surface area (Å²) >= 11 is 0. The van der Waals surface area contributed by atoms with Crippen molar-refractivity contribution in [2.75, 3.05) is 5.43 Å². The molecular weight excluding hydrogens is 275 g/mol. The molecular formula is C12H8F3N3O2. The smallest absolute Gasteiger partial charge is 0.234 e. The molecule has 0 aliphatic rings. The number of hydrazine groups is 1.